The van der Waals surface area contributed by atoms with Crippen molar-refractivity contribution in [2.24, 2.45) is 0 Å². The fourth-order valence-electron chi connectivity index (χ4n) is 3.93. The van der Waals surface area contributed by atoms with Crippen LogP contribution in [0.1, 0.15) is 61.1 Å². The van der Waals surface area contributed by atoms with E-state index in [1.807, 2.05) is 42.5 Å². The highest BCUT2D eigenvalue weighted by molar-refractivity contribution is 6.74. The molecule has 3 rings (SSSR count). The molecule has 0 saturated carbocycles. The average Bonchev–Trinajstić information content (AvgIpc) is 2.82. The Bertz CT molecular complexity index is 969. The van der Waals surface area contributed by atoms with E-state index >= 15 is 0 Å². The van der Waals surface area contributed by atoms with Gasteiger partial charge in [-0.05, 0) is 54.2 Å². The average molecular weight is 484 g/mol. The number of nitrogens with zero attached hydrogens (tertiary/aromatic N) is 1. The van der Waals surface area contributed by atoms with Crippen molar-refractivity contribution in [3.05, 3.63) is 71.3 Å². The van der Waals surface area contributed by atoms with Crippen LogP contribution in [0.25, 0.3) is 0 Å². The highest BCUT2D eigenvalue weighted by Crippen LogP contribution is 2.41. The lowest BCUT2D eigenvalue weighted by molar-refractivity contribution is 0.0299. The summed E-state index contributed by atoms with van der Waals surface area (Å²) in [5.74, 6) is -0.381. The second-order valence-electron chi connectivity index (χ2n) is 10.4. The molecule has 1 amide bonds. The number of methoxy groups -OCH3 is 1. The third kappa shape index (κ3) is 6.27. The first-order valence-electron chi connectivity index (χ1n) is 11.9. The summed E-state index contributed by atoms with van der Waals surface area (Å²) in [6.45, 7) is 12.0. The van der Waals surface area contributed by atoms with Crippen LogP contribution in [0.5, 0.6) is 0 Å². The van der Waals surface area contributed by atoms with E-state index in [-0.39, 0.29) is 35.9 Å². The summed E-state index contributed by atoms with van der Waals surface area (Å²) in [5, 5.41) is 0.108. The minimum atomic E-state index is -1.96. The number of hydrogen-bond donors (Lipinski definition) is 0. The van der Waals surface area contributed by atoms with Crippen LogP contribution in [-0.2, 0) is 20.5 Å². The SMILES string of the molecule is COC(=O)c1ccc(C2C[C@@H](O[Si](C)(C)C(C)(C)C)CCN2C(=O)OCc2ccccc2)cc1. The molecule has 184 valence electrons. The lowest BCUT2D eigenvalue weighted by atomic mass is 9.93. The highest BCUT2D eigenvalue weighted by atomic mass is 28.4. The molecular formula is C27H37NO5Si. The van der Waals surface area contributed by atoms with Gasteiger partial charge in [0.15, 0.2) is 8.32 Å². The Balaban J connectivity index is 1.80. The van der Waals surface area contributed by atoms with E-state index in [9.17, 15) is 9.59 Å². The van der Waals surface area contributed by atoms with Crippen molar-refractivity contribution in [3.63, 3.8) is 0 Å². The number of carbonyl (C=O) groups excluding carboxylic acids is 2. The van der Waals surface area contributed by atoms with Crippen molar-refractivity contribution in [2.75, 3.05) is 13.7 Å². The number of piperidine rings is 1. The van der Waals surface area contributed by atoms with Gasteiger partial charge >= 0.3 is 12.1 Å². The third-order valence-corrected chi connectivity index (χ3v) is 11.5. The zero-order valence-corrected chi connectivity index (χ0v) is 22.2. The zero-order valence-electron chi connectivity index (χ0n) is 21.2. The molecule has 1 aliphatic rings. The predicted molar refractivity (Wildman–Crippen MR) is 135 cm³/mol. The van der Waals surface area contributed by atoms with Gasteiger partial charge < -0.3 is 18.8 Å². The van der Waals surface area contributed by atoms with E-state index in [2.05, 4.69) is 33.9 Å². The Kier molecular flexibility index (Phi) is 8.20. The van der Waals surface area contributed by atoms with Gasteiger partial charge in [0, 0.05) is 12.6 Å². The van der Waals surface area contributed by atoms with E-state index in [1.54, 1.807) is 17.0 Å². The van der Waals surface area contributed by atoms with Crippen molar-refractivity contribution in [3.8, 4) is 0 Å². The van der Waals surface area contributed by atoms with E-state index < -0.39 is 8.32 Å². The van der Waals surface area contributed by atoms with Gasteiger partial charge in [-0.15, -0.1) is 0 Å². The second-order valence-corrected chi connectivity index (χ2v) is 15.1. The van der Waals surface area contributed by atoms with Crippen LogP contribution < -0.4 is 0 Å². The van der Waals surface area contributed by atoms with Crippen LogP contribution in [0.2, 0.25) is 18.1 Å². The van der Waals surface area contributed by atoms with E-state index in [4.69, 9.17) is 13.9 Å². The first-order valence-corrected chi connectivity index (χ1v) is 14.8. The summed E-state index contributed by atoms with van der Waals surface area (Å²) >= 11 is 0. The fourth-order valence-corrected chi connectivity index (χ4v) is 5.33. The first kappa shape index (κ1) is 26.0. The molecule has 1 heterocycles. The quantitative estimate of drug-likeness (QED) is 0.354. The predicted octanol–water partition coefficient (Wildman–Crippen LogP) is 6.34. The molecule has 1 aliphatic heterocycles. The van der Waals surface area contributed by atoms with Crippen LogP contribution in [0, 0.1) is 0 Å². The second kappa shape index (κ2) is 10.7. The van der Waals surface area contributed by atoms with Crippen molar-refractivity contribution >= 4 is 20.4 Å². The summed E-state index contributed by atoms with van der Waals surface area (Å²) in [7, 11) is -0.590. The molecule has 0 radical (unpaired) electrons. The maximum atomic E-state index is 13.1. The fraction of sp³-hybridized carbons (Fsp3) is 0.481. The smallest absolute Gasteiger partial charge is 0.410 e. The summed E-state index contributed by atoms with van der Waals surface area (Å²) in [4.78, 5) is 26.8. The maximum Gasteiger partial charge on any atom is 0.410 e. The molecule has 1 saturated heterocycles. The van der Waals surface area contributed by atoms with Gasteiger partial charge in [-0.3, -0.25) is 0 Å². The molecule has 34 heavy (non-hydrogen) atoms. The zero-order chi connectivity index (χ0) is 24.9. The summed E-state index contributed by atoms with van der Waals surface area (Å²) in [6.07, 6.45) is 1.18. The number of rotatable bonds is 6. The van der Waals surface area contributed by atoms with Gasteiger partial charge in [-0.2, -0.15) is 0 Å². The minimum absolute atomic E-state index is 0.0596. The lowest BCUT2D eigenvalue weighted by Gasteiger charge is -2.44. The molecular weight excluding hydrogens is 446 g/mol. The monoisotopic (exact) mass is 483 g/mol. The van der Waals surface area contributed by atoms with Gasteiger partial charge in [-0.1, -0.05) is 63.2 Å². The van der Waals surface area contributed by atoms with Crippen LogP contribution in [0.4, 0.5) is 4.79 Å². The number of likely N-dealkylation sites (tertiary alicyclic amines) is 1. The Morgan fingerprint density at radius 3 is 2.26 bits per heavy atom. The van der Waals surface area contributed by atoms with Crippen LogP contribution in [0.15, 0.2) is 54.6 Å². The van der Waals surface area contributed by atoms with Gasteiger partial charge in [0.1, 0.15) is 6.61 Å². The normalized spacial score (nSPS) is 18.9. The molecule has 6 nitrogen and oxygen atoms in total. The van der Waals surface area contributed by atoms with Crippen LogP contribution in [0.3, 0.4) is 0 Å². The number of amides is 1. The largest absolute Gasteiger partial charge is 0.465 e. The Morgan fingerprint density at radius 1 is 1.03 bits per heavy atom. The van der Waals surface area contributed by atoms with Crippen molar-refractivity contribution in [1.29, 1.82) is 0 Å². The molecule has 2 aromatic rings. The minimum Gasteiger partial charge on any atom is -0.465 e. The molecule has 2 atom stereocenters. The van der Waals surface area contributed by atoms with Gasteiger partial charge in [0.2, 0.25) is 0 Å². The van der Waals surface area contributed by atoms with Gasteiger partial charge in [0.05, 0.1) is 18.7 Å². The van der Waals surface area contributed by atoms with Gasteiger partial charge in [-0.25, -0.2) is 9.59 Å². The third-order valence-electron chi connectivity index (χ3n) is 6.98. The van der Waals surface area contributed by atoms with E-state index in [1.165, 1.54) is 7.11 Å². The van der Waals surface area contributed by atoms with Crippen LogP contribution in [-0.4, -0.2) is 45.0 Å². The summed E-state index contributed by atoms with van der Waals surface area (Å²) < 4.78 is 17.2. The molecule has 1 fully saturated rings. The molecule has 0 bridgehead atoms. The number of hydrogen-bond acceptors (Lipinski definition) is 5. The molecule has 7 heteroatoms. The molecule has 1 unspecified atom stereocenters. The van der Waals surface area contributed by atoms with E-state index in [0.29, 0.717) is 18.5 Å². The van der Waals surface area contributed by atoms with Gasteiger partial charge in [0.25, 0.3) is 0 Å². The number of carbonyl (C=O) groups is 2. The van der Waals surface area contributed by atoms with Crippen LogP contribution >= 0.6 is 0 Å². The Morgan fingerprint density at radius 2 is 1.68 bits per heavy atom. The Hall–Kier alpha value is -2.64. The molecule has 0 spiro atoms. The Labute approximate surface area is 204 Å². The van der Waals surface area contributed by atoms with Crippen molar-refractivity contribution in [2.45, 2.75) is 70.5 Å². The molecule has 2 aromatic carbocycles. The number of benzene rings is 2. The number of esters is 1. The summed E-state index contributed by atoms with van der Waals surface area (Å²) in [6, 6.07) is 16.7. The molecule has 0 aromatic heterocycles. The standard InChI is InChI=1S/C27H37NO5Si/c1-27(2,3)34(5,6)33-23-16-17-28(26(30)32-19-20-10-8-7-9-11-20)24(18-23)21-12-14-22(15-13-21)25(29)31-4/h7-15,23-24H,16-19H2,1-6H3/t23-,24?/m0/s1. The topological polar surface area (TPSA) is 65.1 Å². The molecule has 0 aliphatic carbocycles. The summed E-state index contributed by atoms with van der Waals surface area (Å²) in [5.41, 5.74) is 2.38. The highest BCUT2D eigenvalue weighted by Gasteiger charge is 2.42. The number of ether oxygens (including phenoxy) is 2. The van der Waals surface area contributed by atoms with E-state index in [0.717, 1.165) is 17.5 Å². The van der Waals surface area contributed by atoms with Crippen molar-refractivity contribution in [1.82, 2.24) is 4.90 Å². The maximum absolute atomic E-state index is 13.1. The molecule has 0 N–H and O–H groups in total. The first-order chi connectivity index (χ1) is 16.0. The lowest BCUT2D eigenvalue weighted by Crippen LogP contribution is -2.49. The van der Waals surface area contributed by atoms with Crippen molar-refractivity contribution < 1.29 is 23.5 Å².